The van der Waals surface area contributed by atoms with Gasteiger partial charge in [-0.1, -0.05) is 0 Å². The minimum atomic E-state index is -3.65. The van der Waals surface area contributed by atoms with Crippen molar-refractivity contribution in [3.05, 3.63) is 47.9 Å². The minimum Gasteiger partial charge on any atom is -0.468 e. The van der Waals surface area contributed by atoms with Crippen LogP contribution in [0, 0.1) is 0 Å². The Labute approximate surface area is 122 Å². The first-order valence-corrected chi connectivity index (χ1v) is 7.92. The van der Waals surface area contributed by atoms with E-state index in [0.29, 0.717) is 17.0 Å². The summed E-state index contributed by atoms with van der Waals surface area (Å²) in [7, 11) is -3.65. The molecule has 0 unspecified atom stereocenters. The van der Waals surface area contributed by atoms with Crippen LogP contribution < -0.4 is 10.0 Å². The molecule has 0 fully saturated rings. The molecule has 0 saturated carbocycles. The topological polar surface area (TPSA) is 88.4 Å². The second-order valence-corrected chi connectivity index (χ2v) is 6.63. The van der Waals surface area contributed by atoms with Crippen molar-refractivity contribution in [3.63, 3.8) is 0 Å². The van der Waals surface area contributed by atoms with E-state index in [1.165, 1.54) is 18.4 Å². The lowest BCUT2D eigenvalue weighted by molar-refractivity contribution is -0.116. The molecule has 1 aromatic heterocycles. The summed E-state index contributed by atoms with van der Waals surface area (Å²) in [6.45, 7) is 1.83. The Hall–Kier alpha value is -2.12. The predicted molar refractivity (Wildman–Crippen MR) is 76.2 cm³/mol. The van der Waals surface area contributed by atoms with Gasteiger partial charge in [-0.15, -0.1) is 0 Å². The number of hydrogen-bond acceptors (Lipinski definition) is 4. The van der Waals surface area contributed by atoms with Crippen LogP contribution in [0.15, 0.2) is 45.9 Å². The third-order valence-corrected chi connectivity index (χ3v) is 4.87. The molecule has 1 aliphatic rings. The number of nitrogens with one attached hydrogen (secondary N) is 2. The Morgan fingerprint density at radius 2 is 2.14 bits per heavy atom. The molecule has 0 bridgehead atoms. The van der Waals surface area contributed by atoms with Gasteiger partial charge in [0.1, 0.15) is 5.76 Å². The lowest BCUT2D eigenvalue weighted by Crippen LogP contribution is -2.23. The van der Waals surface area contributed by atoms with Crippen LogP contribution in [0.5, 0.6) is 0 Å². The van der Waals surface area contributed by atoms with Crippen molar-refractivity contribution < 1.29 is 17.6 Å². The third kappa shape index (κ3) is 2.57. The monoisotopic (exact) mass is 306 g/mol. The van der Waals surface area contributed by atoms with Gasteiger partial charge >= 0.3 is 0 Å². The predicted octanol–water partition coefficient (Wildman–Crippen LogP) is 1.81. The zero-order chi connectivity index (χ0) is 15.0. The maximum absolute atomic E-state index is 12.3. The van der Waals surface area contributed by atoms with Gasteiger partial charge in [-0.3, -0.25) is 4.79 Å². The molecule has 1 aliphatic heterocycles. The van der Waals surface area contributed by atoms with Gasteiger partial charge < -0.3 is 9.73 Å². The molecule has 0 radical (unpaired) electrons. The molecule has 1 aromatic carbocycles. The van der Waals surface area contributed by atoms with Gasteiger partial charge in [-0.05, 0) is 42.8 Å². The molecule has 0 spiro atoms. The van der Waals surface area contributed by atoms with Gasteiger partial charge in [0.2, 0.25) is 15.9 Å². The van der Waals surface area contributed by atoms with E-state index in [9.17, 15) is 13.2 Å². The fraction of sp³-hybridized carbons (Fsp3) is 0.214. The summed E-state index contributed by atoms with van der Waals surface area (Å²) in [4.78, 5) is 11.7. The molecule has 0 aliphatic carbocycles. The first-order chi connectivity index (χ1) is 9.97. The molecule has 2 heterocycles. The quantitative estimate of drug-likeness (QED) is 0.901. The van der Waals surface area contributed by atoms with Crippen LogP contribution in [-0.2, 0) is 21.4 Å². The second-order valence-electron chi connectivity index (χ2n) is 4.86. The number of carbonyl (C=O) groups is 1. The number of benzene rings is 1. The van der Waals surface area contributed by atoms with E-state index >= 15 is 0 Å². The summed E-state index contributed by atoms with van der Waals surface area (Å²) in [6, 6.07) is 8.00. The van der Waals surface area contributed by atoms with Crippen molar-refractivity contribution in [3.8, 4) is 0 Å². The average Bonchev–Trinajstić information content (AvgIpc) is 3.06. The number of carbonyl (C=O) groups excluding carboxylic acids is 1. The first kappa shape index (κ1) is 13.8. The molecular formula is C14H14N2O4S. The molecule has 1 amide bonds. The summed E-state index contributed by atoms with van der Waals surface area (Å²) < 4.78 is 32.1. The molecule has 0 saturated heterocycles. The van der Waals surface area contributed by atoms with E-state index in [0.717, 1.165) is 0 Å². The highest BCUT2D eigenvalue weighted by atomic mass is 32.2. The van der Waals surface area contributed by atoms with Gasteiger partial charge in [-0.25, -0.2) is 13.1 Å². The average molecular weight is 306 g/mol. The number of hydrogen-bond donors (Lipinski definition) is 2. The molecular weight excluding hydrogens is 292 g/mol. The van der Waals surface area contributed by atoms with E-state index in [2.05, 4.69) is 10.0 Å². The van der Waals surface area contributed by atoms with Crippen LogP contribution in [0.1, 0.15) is 24.2 Å². The summed E-state index contributed by atoms with van der Waals surface area (Å²) in [5.74, 6) is 0.0632. The molecule has 3 rings (SSSR count). The highest BCUT2D eigenvalue weighted by Gasteiger charge is 2.28. The molecule has 2 N–H and O–H groups in total. The Morgan fingerprint density at radius 1 is 1.33 bits per heavy atom. The highest BCUT2D eigenvalue weighted by molar-refractivity contribution is 7.89. The van der Waals surface area contributed by atoms with E-state index in [1.54, 1.807) is 25.1 Å². The zero-order valence-corrected chi connectivity index (χ0v) is 12.1. The number of sulfonamides is 1. The Morgan fingerprint density at radius 3 is 2.86 bits per heavy atom. The van der Waals surface area contributed by atoms with Crippen molar-refractivity contribution >= 4 is 21.6 Å². The molecule has 1 atom stereocenters. The number of fused-ring (bicyclic) bond motifs is 1. The van der Waals surface area contributed by atoms with Crippen LogP contribution >= 0.6 is 0 Å². The summed E-state index contributed by atoms with van der Waals surface area (Å²) in [6.07, 6.45) is 1.48. The van der Waals surface area contributed by atoms with E-state index in [4.69, 9.17) is 4.42 Å². The Balaban J connectivity index is 1.85. The van der Waals surface area contributed by atoms with Crippen LogP contribution in [-0.4, -0.2) is 14.3 Å². The normalized spacial score (nSPS) is 17.6. The highest BCUT2D eigenvalue weighted by Crippen LogP contribution is 2.33. The van der Waals surface area contributed by atoms with Crippen LogP contribution in [0.4, 0.5) is 5.69 Å². The molecule has 6 nitrogen and oxygen atoms in total. The van der Waals surface area contributed by atoms with E-state index in [-0.39, 0.29) is 23.3 Å². The lowest BCUT2D eigenvalue weighted by Gasteiger charge is -2.08. The number of amides is 1. The summed E-state index contributed by atoms with van der Waals surface area (Å²) >= 11 is 0. The number of anilines is 1. The van der Waals surface area contributed by atoms with Crippen molar-refractivity contribution in [2.24, 2.45) is 0 Å². The summed E-state index contributed by atoms with van der Waals surface area (Å²) in [5.41, 5.74) is 1.36. The van der Waals surface area contributed by atoms with Crippen molar-refractivity contribution in [2.45, 2.75) is 24.3 Å². The van der Waals surface area contributed by atoms with Gasteiger partial charge in [-0.2, -0.15) is 0 Å². The van der Waals surface area contributed by atoms with E-state index in [1.807, 2.05) is 0 Å². The fourth-order valence-electron chi connectivity index (χ4n) is 2.22. The first-order valence-electron chi connectivity index (χ1n) is 6.44. The summed E-state index contributed by atoms with van der Waals surface area (Å²) in [5, 5.41) is 2.71. The molecule has 110 valence electrons. The van der Waals surface area contributed by atoms with Crippen LogP contribution in [0.25, 0.3) is 0 Å². The standard InChI is InChI=1S/C14H14N2O4S/c1-9-12-7-11(4-5-13(12)16-14(9)17)21(18,19)15-8-10-3-2-6-20-10/h2-7,9,15H,8H2,1H3,(H,16,17)/t9-/m0/s1. The smallest absolute Gasteiger partial charge is 0.240 e. The number of rotatable bonds is 4. The van der Waals surface area contributed by atoms with Crippen LogP contribution in [0.3, 0.4) is 0 Å². The molecule has 7 heteroatoms. The lowest BCUT2D eigenvalue weighted by atomic mass is 10.0. The largest absolute Gasteiger partial charge is 0.468 e. The van der Waals surface area contributed by atoms with Gasteiger partial charge in [0.15, 0.2) is 0 Å². The minimum absolute atomic E-state index is 0.0825. The van der Waals surface area contributed by atoms with Gasteiger partial charge in [0.25, 0.3) is 0 Å². The van der Waals surface area contributed by atoms with E-state index < -0.39 is 10.0 Å². The van der Waals surface area contributed by atoms with Crippen molar-refractivity contribution in [1.82, 2.24) is 4.72 Å². The SMILES string of the molecule is C[C@@H]1C(=O)Nc2ccc(S(=O)(=O)NCc3ccco3)cc21. The Bertz CT molecular complexity index is 781. The number of furan rings is 1. The van der Waals surface area contributed by atoms with Gasteiger partial charge in [0, 0.05) is 5.69 Å². The van der Waals surface area contributed by atoms with Crippen LogP contribution in [0.2, 0.25) is 0 Å². The second kappa shape index (κ2) is 5.01. The molecule has 2 aromatic rings. The van der Waals surface area contributed by atoms with Gasteiger partial charge in [0.05, 0.1) is 23.6 Å². The fourth-order valence-corrected chi connectivity index (χ4v) is 3.25. The molecule has 21 heavy (non-hydrogen) atoms. The Kier molecular flexibility index (Phi) is 3.30. The maximum Gasteiger partial charge on any atom is 0.240 e. The van der Waals surface area contributed by atoms with Crippen molar-refractivity contribution in [2.75, 3.05) is 5.32 Å². The third-order valence-electron chi connectivity index (χ3n) is 3.47. The zero-order valence-electron chi connectivity index (χ0n) is 11.3. The van der Waals surface area contributed by atoms with Crippen molar-refractivity contribution in [1.29, 1.82) is 0 Å². The maximum atomic E-state index is 12.3.